The summed E-state index contributed by atoms with van der Waals surface area (Å²) in [4.78, 5) is 1.73. The summed E-state index contributed by atoms with van der Waals surface area (Å²) in [5.74, 6) is 0.812. The van der Waals surface area contributed by atoms with Gasteiger partial charge in [0.2, 0.25) is 0 Å². The van der Waals surface area contributed by atoms with Gasteiger partial charge in [-0.15, -0.1) is 11.3 Å². The van der Waals surface area contributed by atoms with E-state index in [0.717, 1.165) is 17.7 Å². The zero-order chi connectivity index (χ0) is 12.1. The molecule has 0 atom stereocenters. The Hall–Kier alpha value is -1.39. The van der Waals surface area contributed by atoms with Gasteiger partial charge in [-0.25, -0.2) is 0 Å². The second-order valence-corrected chi connectivity index (χ2v) is 5.04. The smallest absolute Gasteiger partial charge is 0.120 e. The highest BCUT2D eigenvalue weighted by molar-refractivity contribution is 7.80. The monoisotopic (exact) mass is 263 g/mol. The molecule has 0 saturated heterocycles. The van der Waals surface area contributed by atoms with E-state index in [4.69, 9.17) is 22.7 Å². The van der Waals surface area contributed by atoms with Gasteiger partial charge in [-0.1, -0.05) is 30.4 Å². The Bertz CT molecular complexity index is 494. The maximum Gasteiger partial charge on any atom is 0.120 e. The van der Waals surface area contributed by atoms with Crippen LogP contribution < -0.4 is 10.5 Å². The first kappa shape index (κ1) is 12.1. The first-order valence-corrected chi connectivity index (χ1v) is 6.59. The molecule has 0 radical (unpaired) electrons. The van der Waals surface area contributed by atoms with Crippen LogP contribution in [0, 0.1) is 0 Å². The van der Waals surface area contributed by atoms with Crippen LogP contribution in [0.2, 0.25) is 0 Å². The minimum absolute atomic E-state index is 0.397. The van der Waals surface area contributed by atoms with E-state index in [0.29, 0.717) is 11.6 Å². The van der Waals surface area contributed by atoms with Gasteiger partial charge >= 0.3 is 0 Å². The SMILES string of the molecule is NC(=S)c1cccc(OCCc2cccs2)c1. The lowest BCUT2D eigenvalue weighted by Gasteiger charge is -2.06. The highest BCUT2D eigenvalue weighted by atomic mass is 32.1. The molecular weight excluding hydrogens is 250 g/mol. The number of hydrogen-bond acceptors (Lipinski definition) is 3. The van der Waals surface area contributed by atoms with Crippen LogP contribution in [0.3, 0.4) is 0 Å². The third kappa shape index (κ3) is 3.54. The number of benzene rings is 1. The van der Waals surface area contributed by atoms with Gasteiger partial charge < -0.3 is 10.5 Å². The number of hydrogen-bond donors (Lipinski definition) is 1. The zero-order valence-electron chi connectivity index (χ0n) is 9.26. The summed E-state index contributed by atoms with van der Waals surface area (Å²) in [5.41, 5.74) is 6.41. The Morgan fingerprint density at radius 3 is 2.88 bits per heavy atom. The molecule has 0 saturated carbocycles. The molecule has 2 rings (SSSR count). The molecule has 1 heterocycles. The fourth-order valence-corrected chi connectivity index (χ4v) is 2.28. The van der Waals surface area contributed by atoms with Gasteiger partial charge in [-0.2, -0.15) is 0 Å². The molecule has 0 amide bonds. The summed E-state index contributed by atoms with van der Waals surface area (Å²) in [6.07, 6.45) is 0.926. The van der Waals surface area contributed by atoms with Crippen LogP contribution >= 0.6 is 23.6 Å². The molecule has 0 bridgehead atoms. The average molecular weight is 263 g/mol. The molecule has 0 aliphatic heterocycles. The lowest BCUT2D eigenvalue weighted by molar-refractivity contribution is 0.323. The zero-order valence-corrected chi connectivity index (χ0v) is 10.9. The summed E-state index contributed by atoms with van der Waals surface area (Å²) < 4.78 is 5.66. The normalized spacial score (nSPS) is 10.1. The molecule has 1 aromatic heterocycles. The van der Waals surface area contributed by atoms with Gasteiger partial charge in [0, 0.05) is 16.9 Å². The number of thiocarbonyl (C=S) groups is 1. The molecule has 1 aromatic carbocycles. The molecule has 0 spiro atoms. The van der Waals surface area contributed by atoms with E-state index < -0.39 is 0 Å². The Morgan fingerprint density at radius 1 is 1.29 bits per heavy atom. The minimum Gasteiger partial charge on any atom is -0.493 e. The maximum absolute atomic E-state index is 5.66. The van der Waals surface area contributed by atoms with Crippen LogP contribution in [0.5, 0.6) is 5.75 Å². The van der Waals surface area contributed by atoms with Crippen molar-refractivity contribution in [1.29, 1.82) is 0 Å². The molecular formula is C13H13NOS2. The predicted molar refractivity (Wildman–Crippen MR) is 75.8 cm³/mol. The Balaban J connectivity index is 1.90. The van der Waals surface area contributed by atoms with Crippen molar-refractivity contribution < 1.29 is 4.74 Å². The third-order valence-electron chi connectivity index (χ3n) is 2.32. The van der Waals surface area contributed by atoms with E-state index in [2.05, 4.69) is 11.4 Å². The van der Waals surface area contributed by atoms with E-state index in [1.54, 1.807) is 11.3 Å². The molecule has 2 N–H and O–H groups in total. The average Bonchev–Trinajstić information content (AvgIpc) is 2.82. The van der Waals surface area contributed by atoms with Crippen molar-refractivity contribution in [1.82, 2.24) is 0 Å². The van der Waals surface area contributed by atoms with Crippen LogP contribution in [0.15, 0.2) is 41.8 Å². The van der Waals surface area contributed by atoms with Crippen LogP contribution in [-0.2, 0) is 6.42 Å². The maximum atomic E-state index is 5.66. The highest BCUT2D eigenvalue weighted by Crippen LogP contribution is 2.15. The van der Waals surface area contributed by atoms with Crippen LogP contribution in [0.25, 0.3) is 0 Å². The number of rotatable bonds is 5. The molecule has 17 heavy (non-hydrogen) atoms. The summed E-state index contributed by atoms with van der Waals surface area (Å²) in [7, 11) is 0. The second kappa shape index (κ2) is 5.80. The summed E-state index contributed by atoms with van der Waals surface area (Å²) in [6.45, 7) is 0.668. The van der Waals surface area contributed by atoms with Crippen molar-refractivity contribution in [2.45, 2.75) is 6.42 Å². The van der Waals surface area contributed by atoms with Crippen molar-refractivity contribution >= 4 is 28.5 Å². The largest absolute Gasteiger partial charge is 0.493 e. The van der Waals surface area contributed by atoms with Crippen LogP contribution in [-0.4, -0.2) is 11.6 Å². The summed E-state index contributed by atoms with van der Waals surface area (Å²) >= 11 is 6.67. The fourth-order valence-electron chi connectivity index (χ4n) is 1.46. The van der Waals surface area contributed by atoms with E-state index in [1.165, 1.54) is 4.88 Å². The number of thiophene rings is 1. The first-order valence-electron chi connectivity index (χ1n) is 5.31. The van der Waals surface area contributed by atoms with Crippen molar-refractivity contribution in [2.75, 3.05) is 6.61 Å². The van der Waals surface area contributed by atoms with Gasteiger partial charge in [0.15, 0.2) is 0 Å². The van der Waals surface area contributed by atoms with Gasteiger partial charge in [0.05, 0.1) is 6.61 Å². The third-order valence-corrected chi connectivity index (χ3v) is 3.49. The minimum atomic E-state index is 0.397. The molecule has 0 unspecified atom stereocenters. The molecule has 0 aliphatic rings. The number of ether oxygens (including phenoxy) is 1. The molecule has 0 aliphatic carbocycles. The van der Waals surface area contributed by atoms with Crippen molar-refractivity contribution in [3.63, 3.8) is 0 Å². The second-order valence-electron chi connectivity index (χ2n) is 3.57. The van der Waals surface area contributed by atoms with E-state index >= 15 is 0 Å². The quantitative estimate of drug-likeness (QED) is 0.842. The number of nitrogens with two attached hydrogens (primary N) is 1. The Labute approximate surface area is 110 Å². The molecule has 2 aromatic rings. The van der Waals surface area contributed by atoms with Crippen molar-refractivity contribution in [3.8, 4) is 5.75 Å². The predicted octanol–water partition coefficient (Wildman–Crippen LogP) is 3.00. The van der Waals surface area contributed by atoms with Gasteiger partial charge in [-0.3, -0.25) is 0 Å². The fraction of sp³-hybridized carbons (Fsp3) is 0.154. The Morgan fingerprint density at radius 2 is 2.18 bits per heavy atom. The van der Waals surface area contributed by atoms with Crippen molar-refractivity contribution in [3.05, 3.63) is 52.2 Å². The summed E-state index contributed by atoms with van der Waals surface area (Å²) in [6, 6.07) is 11.7. The van der Waals surface area contributed by atoms with Gasteiger partial charge in [0.25, 0.3) is 0 Å². The highest BCUT2D eigenvalue weighted by Gasteiger charge is 2.00. The lowest BCUT2D eigenvalue weighted by atomic mass is 10.2. The van der Waals surface area contributed by atoms with E-state index in [9.17, 15) is 0 Å². The van der Waals surface area contributed by atoms with Crippen LogP contribution in [0.4, 0.5) is 0 Å². The van der Waals surface area contributed by atoms with Gasteiger partial charge in [0.1, 0.15) is 10.7 Å². The summed E-state index contributed by atoms with van der Waals surface area (Å²) in [5, 5.41) is 2.07. The van der Waals surface area contributed by atoms with Crippen molar-refractivity contribution in [2.24, 2.45) is 5.73 Å². The topological polar surface area (TPSA) is 35.2 Å². The molecule has 2 nitrogen and oxygen atoms in total. The molecule has 88 valence electrons. The lowest BCUT2D eigenvalue weighted by Crippen LogP contribution is -2.09. The molecule has 4 heteroatoms. The van der Waals surface area contributed by atoms with E-state index in [-0.39, 0.29) is 0 Å². The van der Waals surface area contributed by atoms with Crippen LogP contribution in [0.1, 0.15) is 10.4 Å². The van der Waals surface area contributed by atoms with Gasteiger partial charge in [-0.05, 0) is 23.6 Å². The standard InChI is InChI=1S/C13H13NOS2/c14-13(16)10-3-1-4-11(9-10)15-7-6-12-5-2-8-17-12/h1-5,8-9H,6-7H2,(H2,14,16). The molecule has 0 fully saturated rings. The Kier molecular flexibility index (Phi) is 4.12. The first-order chi connectivity index (χ1) is 8.25. The van der Waals surface area contributed by atoms with E-state index in [1.807, 2.05) is 30.3 Å².